The molecule has 6 nitrogen and oxygen atoms in total. The fourth-order valence-electron chi connectivity index (χ4n) is 3.39. The summed E-state index contributed by atoms with van der Waals surface area (Å²) in [6.45, 7) is 0.823. The van der Waals surface area contributed by atoms with Crippen molar-refractivity contribution in [2.75, 3.05) is 13.7 Å². The van der Waals surface area contributed by atoms with Crippen LogP contribution in [0.4, 0.5) is 4.79 Å². The van der Waals surface area contributed by atoms with Gasteiger partial charge >= 0.3 is 6.09 Å². The fourth-order valence-corrected chi connectivity index (χ4v) is 3.39. The Kier molecular flexibility index (Phi) is 5.41. The first-order chi connectivity index (χ1) is 12.6. The number of hydrogen-bond donors (Lipinski definition) is 2. The van der Waals surface area contributed by atoms with Crippen LogP contribution in [0.25, 0.3) is 0 Å². The summed E-state index contributed by atoms with van der Waals surface area (Å²) in [4.78, 5) is 25.6. The van der Waals surface area contributed by atoms with Crippen LogP contribution in [-0.4, -0.2) is 41.7 Å². The van der Waals surface area contributed by atoms with E-state index in [-0.39, 0.29) is 24.3 Å². The van der Waals surface area contributed by atoms with Gasteiger partial charge in [0.05, 0.1) is 13.2 Å². The fraction of sp³-hybridized carbons (Fsp3) is 0.300. The first kappa shape index (κ1) is 17.8. The number of carboxylic acid groups (broad SMARTS) is 1. The highest BCUT2D eigenvalue weighted by Gasteiger charge is 2.36. The minimum absolute atomic E-state index is 0.0260. The quantitative estimate of drug-likeness (QED) is 0.865. The van der Waals surface area contributed by atoms with Gasteiger partial charge in [0.25, 0.3) is 0 Å². The smallest absolute Gasteiger partial charge is 0.404 e. The third-order valence-corrected chi connectivity index (χ3v) is 4.72. The molecule has 2 aromatic rings. The van der Waals surface area contributed by atoms with Crippen LogP contribution >= 0.6 is 0 Å². The molecule has 2 atom stereocenters. The van der Waals surface area contributed by atoms with E-state index in [2.05, 4.69) is 5.32 Å². The Morgan fingerprint density at radius 3 is 2.50 bits per heavy atom. The number of rotatable bonds is 5. The van der Waals surface area contributed by atoms with E-state index in [4.69, 9.17) is 4.74 Å². The molecule has 0 radical (unpaired) electrons. The molecule has 3 rings (SSSR count). The van der Waals surface area contributed by atoms with Crippen LogP contribution in [0.3, 0.4) is 0 Å². The highest BCUT2D eigenvalue weighted by molar-refractivity contribution is 5.79. The molecule has 1 heterocycles. The standard InChI is InChI=1S/C20H22N2O4/c1-26-16-9-7-15(8-10-16)17-11-19(23)22(13-18(17)21-20(24)25)12-14-5-3-2-4-6-14/h2-10,17-18,21H,11-13H2,1H3,(H,24,25). The summed E-state index contributed by atoms with van der Waals surface area (Å²) in [6.07, 6.45) is -0.813. The topological polar surface area (TPSA) is 78.9 Å². The number of methoxy groups -OCH3 is 1. The maximum atomic E-state index is 12.7. The highest BCUT2D eigenvalue weighted by atomic mass is 16.5. The molecule has 2 amide bonds. The van der Waals surface area contributed by atoms with E-state index in [1.807, 2.05) is 54.6 Å². The summed E-state index contributed by atoms with van der Waals surface area (Å²) in [5.74, 6) is 0.555. The van der Waals surface area contributed by atoms with E-state index in [1.165, 1.54) is 0 Å². The molecule has 2 N–H and O–H groups in total. The minimum atomic E-state index is -1.08. The van der Waals surface area contributed by atoms with Gasteiger partial charge in [0.1, 0.15) is 5.75 Å². The number of carbonyl (C=O) groups is 2. The van der Waals surface area contributed by atoms with Gasteiger partial charge < -0.3 is 20.1 Å². The summed E-state index contributed by atoms with van der Waals surface area (Å²) < 4.78 is 5.17. The molecular weight excluding hydrogens is 332 g/mol. The number of likely N-dealkylation sites (tertiary alicyclic amines) is 1. The molecule has 2 unspecified atom stereocenters. The van der Waals surface area contributed by atoms with Gasteiger partial charge in [-0.3, -0.25) is 4.79 Å². The Morgan fingerprint density at radius 1 is 1.19 bits per heavy atom. The summed E-state index contributed by atoms with van der Waals surface area (Å²) in [5, 5.41) is 11.8. The highest BCUT2D eigenvalue weighted by Crippen LogP contribution is 2.31. The first-order valence-electron chi connectivity index (χ1n) is 8.52. The van der Waals surface area contributed by atoms with E-state index in [1.54, 1.807) is 12.0 Å². The second kappa shape index (κ2) is 7.91. The number of nitrogens with zero attached hydrogens (tertiary/aromatic N) is 1. The van der Waals surface area contributed by atoms with Crippen molar-refractivity contribution in [3.05, 3.63) is 65.7 Å². The minimum Gasteiger partial charge on any atom is -0.497 e. The molecule has 0 saturated carbocycles. The Bertz CT molecular complexity index is 761. The van der Waals surface area contributed by atoms with Crippen LogP contribution in [0.2, 0.25) is 0 Å². The molecule has 6 heteroatoms. The van der Waals surface area contributed by atoms with Crippen molar-refractivity contribution in [1.82, 2.24) is 10.2 Å². The van der Waals surface area contributed by atoms with Crippen LogP contribution < -0.4 is 10.1 Å². The lowest BCUT2D eigenvalue weighted by Crippen LogP contribution is -2.53. The molecule has 1 saturated heterocycles. The van der Waals surface area contributed by atoms with Gasteiger partial charge in [0, 0.05) is 25.4 Å². The van der Waals surface area contributed by atoms with E-state index >= 15 is 0 Å². The van der Waals surface area contributed by atoms with E-state index < -0.39 is 6.09 Å². The largest absolute Gasteiger partial charge is 0.497 e. The van der Waals surface area contributed by atoms with Crippen molar-refractivity contribution in [3.8, 4) is 5.75 Å². The van der Waals surface area contributed by atoms with Crippen molar-refractivity contribution in [2.24, 2.45) is 0 Å². The zero-order valence-corrected chi connectivity index (χ0v) is 14.6. The molecule has 26 heavy (non-hydrogen) atoms. The van der Waals surface area contributed by atoms with Crippen LogP contribution in [0.1, 0.15) is 23.5 Å². The van der Waals surface area contributed by atoms with Crippen molar-refractivity contribution in [3.63, 3.8) is 0 Å². The van der Waals surface area contributed by atoms with Crippen LogP contribution in [-0.2, 0) is 11.3 Å². The van der Waals surface area contributed by atoms with Gasteiger partial charge in [-0.05, 0) is 23.3 Å². The summed E-state index contributed by atoms with van der Waals surface area (Å²) in [7, 11) is 1.59. The maximum absolute atomic E-state index is 12.7. The first-order valence-corrected chi connectivity index (χ1v) is 8.52. The molecule has 0 spiro atoms. The second-order valence-corrected chi connectivity index (χ2v) is 6.40. The molecule has 136 valence electrons. The number of ether oxygens (including phenoxy) is 1. The third-order valence-electron chi connectivity index (χ3n) is 4.72. The lowest BCUT2D eigenvalue weighted by atomic mass is 9.84. The van der Waals surface area contributed by atoms with Gasteiger partial charge in [-0.2, -0.15) is 0 Å². The molecule has 0 aromatic heterocycles. The molecule has 0 bridgehead atoms. The zero-order valence-electron chi connectivity index (χ0n) is 14.6. The Morgan fingerprint density at radius 2 is 1.88 bits per heavy atom. The van der Waals surface area contributed by atoms with E-state index in [0.717, 1.165) is 16.9 Å². The predicted molar refractivity (Wildman–Crippen MR) is 97.2 cm³/mol. The van der Waals surface area contributed by atoms with Crippen molar-refractivity contribution < 1.29 is 19.4 Å². The number of carbonyl (C=O) groups excluding carboxylic acids is 1. The number of amides is 2. The normalized spacial score (nSPS) is 19.9. The SMILES string of the molecule is COc1ccc(C2CC(=O)N(Cc3ccccc3)CC2NC(=O)O)cc1. The second-order valence-electron chi connectivity index (χ2n) is 6.40. The third kappa shape index (κ3) is 4.14. The number of piperidine rings is 1. The lowest BCUT2D eigenvalue weighted by molar-refractivity contribution is -0.135. The summed E-state index contributed by atoms with van der Waals surface area (Å²) in [5.41, 5.74) is 1.95. The van der Waals surface area contributed by atoms with Crippen LogP contribution in [0.15, 0.2) is 54.6 Å². The summed E-state index contributed by atoms with van der Waals surface area (Å²) in [6, 6.07) is 16.8. The zero-order chi connectivity index (χ0) is 18.5. The van der Waals surface area contributed by atoms with Gasteiger partial charge in [-0.25, -0.2) is 4.79 Å². The molecular formula is C20H22N2O4. The average molecular weight is 354 g/mol. The maximum Gasteiger partial charge on any atom is 0.404 e. The van der Waals surface area contributed by atoms with Gasteiger partial charge in [-0.1, -0.05) is 42.5 Å². The molecule has 1 fully saturated rings. The number of hydrogen-bond acceptors (Lipinski definition) is 3. The number of nitrogens with one attached hydrogen (secondary N) is 1. The Labute approximate surface area is 152 Å². The lowest BCUT2D eigenvalue weighted by Gasteiger charge is -2.38. The van der Waals surface area contributed by atoms with Gasteiger partial charge in [-0.15, -0.1) is 0 Å². The van der Waals surface area contributed by atoms with E-state index in [9.17, 15) is 14.7 Å². The number of benzene rings is 2. The average Bonchev–Trinajstić information content (AvgIpc) is 2.65. The van der Waals surface area contributed by atoms with Crippen molar-refractivity contribution >= 4 is 12.0 Å². The molecule has 2 aromatic carbocycles. The monoisotopic (exact) mass is 354 g/mol. The van der Waals surface area contributed by atoms with Gasteiger partial charge in [0.2, 0.25) is 5.91 Å². The van der Waals surface area contributed by atoms with Crippen molar-refractivity contribution in [2.45, 2.75) is 24.9 Å². The van der Waals surface area contributed by atoms with Crippen molar-refractivity contribution in [1.29, 1.82) is 0 Å². The Balaban J connectivity index is 1.80. The van der Waals surface area contributed by atoms with Crippen LogP contribution in [0, 0.1) is 0 Å². The van der Waals surface area contributed by atoms with E-state index in [0.29, 0.717) is 13.1 Å². The molecule has 1 aliphatic heterocycles. The van der Waals surface area contributed by atoms with Gasteiger partial charge in [0.15, 0.2) is 0 Å². The molecule has 1 aliphatic rings. The summed E-state index contributed by atoms with van der Waals surface area (Å²) >= 11 is 0. The Hall–Kier alpha value is -3.02. The van der Waals surface area contributed by atoms with Crippen LogP contribution in [0.5, 0.6) is 5.75 Å². The molecule has 0 aliphatic carbocycles. The predicted octanol–water partition coefficient (Wildman–Crippen LogP) is 2.85.